The number of halogens is 7. The molecule has 0 radical (unpaired) electrons. The lowest BCUT2D eigenvalue weighted by molar-refractivity contribution is -0.347. The van der Waals surface area contributed by atoms with Gasteiger partial charge in [0.25, 0.3) is 0 Å². The molecule has 2 atom stereocenters. The van der Waals surface area contributed by atoms with Gasteiger partial charge in [0, 0.05) is 42.8 Å². The number of nitrogens with zero attached hydrogens (tertiary/aromatic N) is 1. The van der Waals surface area contributed by atoms with Gasteiger partial charge in [-0.1, -0.05) is 18.2 Å². The third kappa shape index (κ3) is 4.67. The summed E-state index contributed by atoms with van der Waals surface area (Å²) in [6.07, 6.45) is -1.27. The average Bonchev–Trinajstić information content (AvgIpc) is 3.23. The summed E-state index contributed by atoms with van der Waals surface area (Å²) < 4.78 is 80.5. The Hall–Kier alpha value is -3.09. The zero-order valence-corrected chi connectivity index (χ0v) is 19.2. The van der Waals surface area contributed by atoms with Gasteiger partial charge < -0.3 is 20.3 Å². The summed E-state index contributed by atoms with van der Waals surface area (Å²) in [5, 5.41) is 12.3. The lowest BCUT2D eigenvalue weighted by atomic mass is 9.80. The van der Waals surface area contributed by atoms with E-state index in [0.717, 1.165) is 26.1 Å². The summed E-state index contributed by atoms with van der Waals surface area (Å²) in [5.41, 5.74) is 5.13. The van der Waals surface area contributed by atoms with Crippen LogP contribution in [0.3, 0.4) is 0 Å². The molecule has 2 aromatic rings. The Morgan fingerprint density at radius 2 is 1.72 bits per heavy atom. The number of nitrogens with one attached hydrogen (secondary N) is 2. The monoisotopic (exact) mass is 523 g/mol. The lowest BCUT2D eigenvalue weighted by Crippen LogP contribution is -2.56. The van der Waals surface area contributed by atoms with Gasteiger partial charge in [0.2, 0.25) is 5.91 Å². The van der Waals surface area contributed by atoms with Gasteiger partial charge in [0.1, 0.15) is 0 Å². The summed E-state index contributed by atoms with van der Waals surface area (Å²) in [6.45, 7) is 6.37. The highest BCUT2D eigenvalue weighted by molar-refractivity contribution is 5.99. The molecule has 1 aliphatic carbocycles. The number of aliphatic carboxylic acids is 1. The van der Waals surface area contributed by atoms with Gasteiger partial charge in [-0.15, -0.1) is 0 Å². The predicted molar refractivity (Wildman–Crippen MR) is 117 cm³/mol. The van der Waals surface area contributed by atoms with Crippen LogP contribution in [-0.4, -0.2) is 70.6 Å². The Morgan fingerprint density at radius 3 is 2.25 bits per heavy atom. The molecule has 0 saturated heterocycles. The van der Waals surface area contributed by atoms with E-state index in [9.17, 15) is 40.3 Å². The number of carbonyl (C=O) groups excluding carboxylic acids is 1. The van der Waals surface area contributed by atoms with Crippen LogP contribution < -0.4 is 5.32 Å². The van der Waals surface area contributed by atoms with Crippen molar-refractivity contribution in [3.63, 3.8) is 0 Å². The molecule has 1 aliphatic heterocycles. The highest BCUT2D eigenvalue weighted by Gasteiger charge is 2.76. The van der Waals surface area contributed by atoms with E-state index < -0.39 is 24.0 Å². The molecular weight excluding hydrogens is 499 g/mol. The normalized spacial score (nSPS) is 19.6. The fourth-order valence-corrected chi connectivity index (χ4v) is 4.35. The van der Waals surface area contributed by atoms with Gasteiger partial charge in [-0.2, -0.15) is 30.7 Å². The van der Waals surface area contributed by atoms with Crippen molar-refractivity contribution >= 4 is 28.4 Å². The summed E-state index contributed by atoms with van der Waals surface area (Å²) in [5.74, 6) is -16.1. The number of carbonyl (C=O) groups is 2. The molecule has 198 valence electrons. The van der Waals surface area contributed by atoms with Crippen LogP contribution in [0, 0.1) is 5.92 Å². The molecule has 0 saturated carbocycles. The zero-order valence-electron chi connectivity index (χ0n) is 19.2. The van der Waals surface area contributed by atoms with Crippen molar-refractivity contribution < 1.29 is 45.4 Å². The molecule has 1 amide bonds. The molecular formula is C23H24F7N3O3. The molecule has 0 spiro atoms. The standard InChI is InChI=1S/C19H23N3O.C4HF7O2/c1-3-22(4-2)19(23)13-8-15-14-6-5-7-16-18(14)12(10-20-16)9-17(15)21-11-13;5-2(6,1(12)13)3(7,8)4(9,10)11/h5-8,10,13,17,20-21H,3-4,9,11H2,1-2H3;(H,12,13)/t13?,17-;/m1./s1. The summed E-state index contributed by atoms with van der Waals surface area (Å²) in [7, 11) is 0. The van der Waals surface area contributed by atoms with Crippen LogP contribution >= 0.6 is 0 Å². The van der Waals surface area contributed by atoms with E-state index in [-0.39, 0.29) is 11.8 Å². The van der Waals surface area contributed by atoms with Gasteiger partial charge >= 0.3 is 24.0 Å². The third-order valence-electron chi connectivity index (χ3n) is 6.27. The molecule has 36 heavy (non-hydrogen) atoms. The van der Waals surface area contributed by atoms with E-state index >= 15 is 0 Å². The number of aromatic nitrogens is 1. The Labute approximate surface area is 201 Å². The van der Waals surface area contributed by atoms with Crippen molar-refractivity contribution in [1.82, 2.24) is 15.2 Å². The minimum absolute atomic E-state index is 0.0584. The Kier molecular flexibility index (Phi) is 7.45. The number of aromatic amines is 1. The maximum atomic E-state index is 12.7. The van der Waals surface area contributed by atoms with Crippen LogP contribution in [-0.2, 0) is 16.0 Å². The van der Waals surface area contributed by atoms with Gasteiger partial charge in [0.05, 0.1) is 5.92 Å². The molecule has 4 rings (SSSR count). The number of benzene rings is 1. The fourth-order valence-electron chi connectivity index (χ4n) is 4.35. The highest BCUT2D eigenvalue weighted by atomic mass is 19.4. The third-order valence-corrected chi connectivity index (χ3v) is 6.27. The van der Waals surface area contributed by atoms with Crippen LogP contribution in [0.5, 0.6) is 0 Å². The van der Waals surface area contributed by atoms with Crippen LogP contribution in [0.25, 0.3) is 16.5 Å². The van der Waals surface area contributed by atoms with Crippen molar-refractivity contribution in [3.8, 4) is 0 Å². The Morgan fingerprint density at radius 1 is 1.08 bits per heavy atom. The van der Waals surface area contributed by atoms with E-state index in [1.54, 1.807) is 0 Å². The highest BCUT2D eigenvalue weighted by Crippen LogP contribution is 2.46. The largest absolute Gasteiger partial charge is 0.477 e. The number of H-pyrrole nitrogens is 1. The first-order valence-electron chi connectivity index (χ1n) is 11.1. The molecule has 1 unspecified atom stereocenters. The molecule has 1 aromatic carbocycles. The molecule has 0 bridgehead atoms. The van der Waals surface area contributed by atoms with Crippen molar-refractivity contribution in [2.24, 2.45) is 5.92 Å². The number of hydrogen-bond donors (Lipinski definition) is 3. The smallest absolute Gasteiger partial charge is 0.460 e. The average molecular weight is 523 g/mol. The summed E-state index contributed by atoms with van der Waals surface area (Å²) >= 11 is 0. The lowest BCUT2D eigenvalue weighted by Gasteiger charge is -2.34. The molecule has 2 heterocycles. The fraction of sp³-hybridized carbons (Fsp3) is 0.478. The molecule has 3 N–H and O–H groups in total. The van der Waals surface area contributed by atoms with Crippen molar-refractivity contribution in [2.45, 2.75) is 44.3 Å². The van der Waals surface area contributed by atoms with Crippen molar-refractivity contribution in [1.29, 1.82) is 0 Å². The van der Waals surface area contributed by atoms with Gasteiger partial charge in [-0.25, -0.2) is 4.79 Å². The second-order valence-electron chi connectivity index (χ2n) is 8.40. The van der Waals surface area contributed by atoms with Gasteiger partial charge in [-0.3, -0.25) is 4.79 Å². The van der Waals surface area contributed by atoms with Crippen LogP contribution in [0.2, 0.25) is 0 Å². The SMILES string of the molecule is CCN(CC)C(=O)C1C=C2c3cccc4[nH]cc(c34)C[C@H]2NC1.O=C(O)C(F)(F)C(F)(F)C(F)(F)F. The maximum Gasteiger partial charge on any atom is 0.460 e. The number of fused-ring (bicyclic) bond motifs is 2. The molecule has 2 aliphatic rings. The topological polar surface area (TPSA) is 85.4 Å². The van der Waals surface area contributed by atoms with Crippen LogP contribution in [0.4, 0.5) is 30.7 Å². The quantitative estimate of drug-likeness (QED) is 0.505. The second kappa shape index (κ2) is 9.75. The van der Waals surface area contributed by atoms with Gasteiger partial charge in [0.15, 0.2) is 0 Å². The molecule has 13 heteroatoms. The number of alkyl halides is 7. The number of hydrogen-bond acceptors (Lipinski definition) is 3. The molecule has 6 nitrogen and oxygen atoms in total. The van der Waals surface area contributed by atoms with Crippen LogP contribution in [0.15, 0.2) is 30.5 Å². The molecule has 1 aromatic heterocycles. The maximum absolute atomic E-state index is 12.7. The Balaban J connectivity index is 0.000000240. The van der Waals surface area contributed by atoms with Gasteiger partial charge in [-0.05, 0) is 43.0 Å². The minimum atomic E-state index is -6.60. The Bertz CT molecular complexity index is 1170. The number of carboxylic acid groups (broad SMARTS) is 1. The summed E-state index contributed by atoms with van der Waals surface area (Å²) in [4.78, 5) is 27.4. The van der Waals surface area contributed by atoms with E-state index in [1.807, 2.05) is 18.7 Å². The van der Waals surface area contributed by atoms with E-state index in [0.29, 0.717) is 6.04 Å². The first-order chi connectivity index (χ1) is 16.7. The first-order valence-corrected chi connectivity index (χ1v) is 11.1. The molecule has 0 fully saturated rings. The predicted octanol–water partition coefficient (Wildman–Crippen LogP) is 4.47. The second-order valence-corrected chi connectivity index (χ2v) is 8.40. The van der Waals surface area contributed by atoms with Crippen molar-refractivity contribution in [2.75, 3.05) is 19.6 Å². The zero-order chi connectivity index (χ0) is 27.1. The number of rotatable bonds is 5. The summed E-state index contributed by atoms with van der Waals surface area (Å²) in [6, 6.07) is 6.73. The van der Waals surface area contributed by atoms with Crippen LogP contribution in [0.1, 0.15) is 25.0 Å². The van der Waals surface area contributed by atoms with Crippen molar-refractivity contribution in [3.05, 3.63) is 41.6 Å². The minimum Gasteiger partial charge on any atom is -0.477 e. The first kappa shape index (κ1) is 27.5. The van der Waals surface area contributed by atoms with E-state index in [4.69, 9.17) is 5.11 Å². The number of carboxylic acids is 1. The van der Waals surface area contributed by atoms with E-state index in [1.165, 1.54) is 27.6 Å². The van der Waals surface area contributed by atoms with E-state index in [2.05, 4.69) is 40.8 Å². The number of amides is 1.